The number of amides is 1. The first-order valence-electron chi connectivity index (χ1n) is 8.20. The van der Waals surface area contributed by atoms with Gasteiger partial charge >= 0.3 is 6.09 Å². The Morgan fingerprint density at radius 2 is 2.13 bits per heavy atom. The number of rotatable bonds is 2. The number of ether oxygens (including phenoxy) is 1. The molecule has 1 aromatic rings. The molecule has 2 aliphatic rings. The number of likely N-dealkylation sites (tertiary alicyclic amines) is 1. The van der Waals surface area contributed by atoms with Gasteiger partial charge in [-0.25, -0.2) is 4.79 Å². The first-order chi connectivity index (χ1) is 10.7. The average molecular weight is 381 g/mol. The lowest BCUT2D eigenvalue weighted by molar-refractivity contribution is 0.0215. The van der Waals surface area contributed by atoms with Crippen molar-refractivity contribution in [2.24, 2.45) is 11.1 Å². The normalized spacial score (nSPS) is 25.7. The van der Waals surface area contributed by atoms with Gasteiger partial charge in [-0.1, -0.05) is 28.1 Å². The van der Waals surface area contributed by atoms with E-state index < -0.39 is 5.60 Å². The van der Waals surface area contributed by atoms with Crippen molar-refractivity contribution in [2.45, 2.75) is 57.7 Å². The lowest BCUT2D eigenvalue weighted by Crippen LogP contribution is -2.46. The van der Waals surface area contributed by atoms with Crippen molar-refractivity contribution in [3.05, 3.63) is 34.3 Å². The van der Waals surface area contributed by atoms with Crippen molar-refractivity contribution in [2.75, 3.05) is 6.54 Å². The van der Waals surface area contributed by atoms with Crippen molar-refractivity contribution < 1.29 is 9.53 Å². The summed E-state index contributed by atoms with van der Waals surface area (Å²) in [4.78, 5) is 14.5. The van der Waals surface area contributed by atoms with Gasteiger partial charge in [0.25, 0.3) is 0 Å². The van der Waals surface area contributed by atoms with E-state index in [0.29, 0.717) is 0 Å². The van der Waals surface area contributed by atoms with Crippen LogP contribution >= 0.6 is 15.9 Å². The van der Waals surface area contributed by atoms with Gasteiger partial charge in [-0.15, -0.1) is 0 Å². The van der Waals surface area contributed by atoms with E-state index >= 15 is 0 Å². The number of hydrogen-bond acceptors (Lipinski definition) is 3. The molecule has 2 fully saturated rings. The average Bonchev–Trinajstić information content (AvgIpc) is 3.15. The van der Waals surface area contributed by atoms with Crippen LogP contribution < -0.4 is 5.73 Å². The Kier molecular flexibility index (Phi) is 4.21. The summed E-state index contributed by atoms with van der Waals surface area (Å²) in [5, 5.41) is 0. The van der Waals surface area contributed by atoms with Crippen molar-refractivity contribution in [1.29, 1.82) is 0 Å². The predicted octanol–water partition coefficient (Wildman–Crippen LogP) is 3.72. The zero-order chi connectivity index (χ0) is 16.8. The maximum absolute atomic E-state index is 12.6. The SMILES string of the molecule is CC(C)(C)OC(=O)N1CC2(CC2)C(N)C1Cc1cccc(Br)c1. The maximum Gasteiger partial charge on any atom is 0.410 e. The van der Waals surface area contributed by atoms with Crippen LogP contribution in [0.4, 0.5) is 4.79 Å². The number of benzene rings is 1. The van der Waals surface area contributed by atoms with Crippen molar-refractivity contribution in [3.63, 3.8) is 0 Å². The summed E-state index contributed by atoms with van der Waals surface area (Å²) in [5.74, 6) is 0. The molecular formula is C18H25BrN2O2. The fourth-order valence-corrected chi connectivity index (χ4v) is 3.93. The summed E-state index contributed by atoms with van der Waals surface area (Å²) in [6.45, 7) is 6.42. The molecule has 1 saturated heterocycles. The lowest BCUT2D eigenvalue weighted by Gasteiger charge is -2.30. The highest BCUT2D eigenvalue weighted by Gasteiger charge is 2.59. The molecule has 2 N–H and O–H groups in total. The van der Waals surface area contributed by atoms with Crippen molar-refractivity contribution >= 4 is 22.0 Å². The van der Waals surface area contributed by atoms with Crippen LogP contribution in [0.25, 0.3) is 0 Å². The van der Waals surface area contributed by atoms with E-state index in [1.54, 1.807) is 0 Å². The van der Waals surface area contributed by atoms with E-state index in [9.17, 15) is 4.79 Å². The minimum atomic E-state index is -0.485. The van der Waals surface area contributed by atoms with Gasteiger partial charge in [0.1, 0.15) is 5.60 Å². The Bertz CT molecular complexity index is 607. The van der Waals surface area contributed by atoms with Gasteiger partial charge in [-0.05, 0) is 57.7 Å². The van der Waals surface area contributed by atoms with Gasteiger partial charge in [-0.2, -0.15) is 0 Å². The van der Waals surface area contributed by atoms with Gasteiger partial charge in [0.05, 0.1) is 6.04 Å². The molecule has 3 rings (SSSR count). The minimum Gasteiger partial charge on any atom is -0.444 e. The van der Waals surface area contributed by atoms with Crippen molar-refractivity contribution in [3.8, 4) is 0 Å². The molecule has 126 valence electrons. The van der Waals surface area contributed by atoms with Crippen LogP contribution in [0.3, 0.4) is 0 Å². The fraction of sp³-hybridized carbons (Fsp3) is 0.611. The molecule has 1 spiro atoms. The molecule has 0 bridgehead atoms. The van der Waals surface area contributed by atoms with E-state index in [2.05, 4.69) is 28.1 Å². The second kappa shape index (κ2) is 5.78. The topological polar surface area (TPSA) is 55.6 Å². The number of halogens is 1. The van der Waals surface area contributed by atoms with Gasteiger partial charge in [0.2, 0.25) is 0 Å². The molecule has 2 atom stereocenters. The van der Waals surface area contributed by atoms with Crippen LogP contribution in [0.15, 0.2) is 28.7 Å². The second-order valence-electron chi connectivity index (χ2n) is 7.90. The quantitative estimate of drug-likeness (QED) is 0.850. The molecule has 1 aliphatic heterocycles. The molecule has 1 aliphatic carbocycles. The summed E-state index contributed by atoms with van der Waals surface area (Å²) in [6.07, 6.45) is 2.75. The van der Waals surface area contributed by atoms with Gasteiger partial charge < -0.3 is 15.4 Å². The van der Waals surface area contributed by atoms with E-state index in [1.165, 1.54) is 5.56 Å². The Labute approximate surface area is 146 Å². The molecule has 23 heavy (non-hydrogen) atoms. The first kappa shape index (κ1) is 16.8. The molecule has 0 aromatic heterocycles. The molecule has 1 aromatic carbocycles. The Balaban J connectivity index is 1.80. The molecule has 4 nitrogen and oxygen atoms in total. The third kappa shape index (κ3) is 3.56. The summed E-state index contributed by atoms with van der Waals surface area (Å²) >= 11 is 3.51. The van der Waals surface area contributed by atoms with Gasteiger partial charge in [-0.3, -0.25) is 0 Å². The van der Waals surface area contributed by atoms with Crippen LogP contribution in [0.5, 0.6) is 0 Å². The third-order valence-electron chi connectivity index (χ3n) is 4.86. The second-order valence-corrected chi connectivity index (χ2v) is 8.81. The molecule has 0 radical (unpaired) electrons. The Hall–Kier alpha value is -1.07. The zero-order valence-corrected chi connectivity index (χ0v) is 15.6. The van der Waals surface area contributed by atoms with Crippen molar-refractivity contribution in [1.82, 2.24) is 4.90 Å². The van der Waals surface area contributed by atoms with Crippen LogP contribution in [-0.2, 0) is 11.2 Å². The van der Waals surface area contributed by atoms with E-state index in [-0.39, 0.29) is 23.6 Å². The molecular weight excluding hydrogens is 356 g/mol. The number of carbonyl (C=O) groups excluding carboxylic acids is 1. The lowest BCUT2D eigenvalue weighted by atomic mass is 9.93. The molecule has 1 heterocycles. The minimum absolute atomic E-state index is 0.00153. The Morgan fingerprint density at radius 3 is 2.70 bits per heavy atom. The zero-order valence-electron chi connectivity index (χ0n) is 14.0. The maximum atomic E-state index is 12.6. The number of nitrogens with zero attached hydrogens (tertiary/aromatic N) is 1. The summed E-state index contributed by atoms with van der Waals surface area (Å²) < 4.78 is 6.65. The highest BCUT2D eigenvalue weighted by Crippen LogP contribution is 2.54. The van der Waals surface area contributed by atoms with Crippen LogP contribution in [-0.4, -0.2) is 35.2 Å². The summed E-state index contributed by atoms with van der Waals surface area (Å²) in [7, 11) is 0. The monoisotopic (exact) mass is 380 g/mol. The smallest absolute Gasteiger partial charge is 0.410 e. The van der Waals surface area contributed by atoms with E-state index in [0.717, 1.165) is 30.3 Å². The molecule has 1 saturated carbocycles. The van der Waals surface area contributed by atoms with Crippen LogP contribution in [0.2, 0.25) is 0 Å². The first-order valence-corrected chi connectivity index (χ1v) is 8.99. The largest absolute Gasteiger partial charge is 0.444 e. The molecule has 5 heteroatoms. The molecule has 2 unspecified atom stereocenters. The number of carbonyl (C=O) groups is 1. The Morgan fingerprint density at radius 1 is 1.43 bits per heavy atom. The third-order valence-corrected chi connectivity index (χ3v) is 5.35. The van der Waals surface area contributed by atoms with Gasteiger partial charge in [0, 0.05) is 22.5 Å². The van der Waals surface area contributed by atoms with Crippen LogP contribution in [0.1, 0.15) is 39.2 Å². The summed E-state index contributed by atoms with van der Waals surface area (Å²) in [5.41, 5.74) is 7.36. The van der Waals surface area contributed by atoms with Crippen LogP contribution in [0, 0.1) is 5.41 Å². The summed E-state index contributed by atoms with van der Waals surface area (Å²) in [6, 6.07) is 8.23. The van der Waals surface area contributed by atoms with Gasteiger partial charge in [0.15, 0.2) is 0 Å². The standard InChI is InChI=1S/C18H25BrN2O2/c1-17(2,3)23-16(22)21-11-18(7-8-18)15(20)14(21)10-12-5-4-6-13(19)9-12/h4-6,9,14-15H,7-8,10-11,20H2,1-3H3. The van der Waals surface area contributed by atoms with E-state index in [4.69, 9.17) is 10.5 Å². The predicted molar refractivity (Wildman–Crippen MR) is 94.2 cm³/mol. The fourth-order valence-electron chi connectivity index (χ4n) is 3.48. The number of hydrogen-bond donors (Lipinski definition) is 1. The number of nitrogens with two attached hydrogens (primary N) is 1. The highest BCUT2D eigenvalue weighted by molar-refractivity contribution is 9.10. The molecule has 1 amide bonds. The highest BCUT2D eigenvalue weighted by atomic mass is 79.9. The van der Waals surface area contributed by atoms with E-state index in [1.807, 2.05) is 37.8 Å².